The van der Waals surface area contributed by atoms with Gasteiger partial charge in [0.2, 0.25) is 0 Å². The van der Waals surface area contributed by atoms with Gasteiger partial charge in [-0.15, -0.1) is 0 Å². The Bertz CT molecular complexity index is 348. The van der Waals surface area contributed by atoms with Gasteiger partial charge in [-0.3, -0.25) is 4.79 Å². The van der Waals surface area contributed by atoms with E-state index in [4.69, 9.17) is 19.3 Å². The minimum Gasteiger partial charge on any atom is -0.481 e. The van der Waals surface area contributed by atoms with Crippen LogP contribution in [0.1, 0.15) is 103 Å². The third-order valence-electron chi connectivity index (χ3n) is 5.62. The van der Waals surface area contributed by atoms with Crippen LogP contribution in [0.3, 0.4) is 0 Å². The number of carboxylic acids is 1. The first kappa shape index (κ1) is 27.4. The fourth-order valence-corrected chi connectivity index (χ4v) is 3.71. The first-order valence-corrected chi connectivity index (χ1v) is 11.4. The summed E-state index contributed by atoms with van der Waals surface area (Å²) in [6, 6.07) is 0. The van der Waals surface area contributed by atoms with Crippen molar-refractivity contribution in [2.75, 3.05) is 21.3 Å². The largest absolute Gasteiger partial charge is 0.481 e. The Balaban J connectivity index is 3.93. The number of carbonyl (C=O) groups is 1. The zero-order valence-corrected chi connectivity index (χ0v) is 18.9. The summed E-state index contributed by atoms with van der Waals surface area (Å²) >= 11 is 0. The summed E-state index contributed by atoms with van der Waals surface area (Å²) < 4.78 is 17.0. The molecule has 0 saturated heterocycles. The van der Waals surface area contributed by atoms with E-state index in [9.17, 15) is 4.79 Å². The summed E-state index contributed by atoms with van der Waals surface area (Å²) in [4.78, 5) is 10.5. The standard InChI is InChI=1S/C23H46O5/c1-5-6-7-10-15-21(27-3)19-22(28-4)17-13-16-20(26-2)14-11-8-9-12-18-23(24)25/h20-22H,5-19H2,1-4H3,(H,24,25). The number of ether oxygens (including phenoxy) is 3. The molecule has 3 unspecified atom stereocenters. The molecule has 0 aromatic rings. The number of methoxy groups -OCH3 is 3. The number of unbranched alkanes of at least 4 members (excludes halogenated alkanes) is 6. The highest BCUT2D eigenvalue weighted by atomic mass is 16.5. The summed E-state index contributed by atoms with van der Waals surface area (Å²) in [7, 11) is 5.41. The van der Waals surface area contributed by atoms with Gasteiger partial charge in [-0.05, 0) is 44.9 Å². The van der Waals surface area contributed by atoms with Crippen molar-refractivity contribution in [3.05, 3.63) is 0 Å². The maximum absolute atomic E-state index is 10.5. The van der Waals surface area contributed by atoms with E-state index in [-0.39, 0.29) is 12.5 Å². The van der Waals surface area contributed by atoms with E-state index in [0.717, 1.165) is 64.2 Å². The van der Waals surface area contributed by atoms with Crippen LogP contribution >= 0.6 is 0 Å². The topological polar surface area (TPSA) is 65.0 Å². The molecule has 0 amide bonds. The quantitative estimate of drug-likeness (QED) is 0.239. The fourth-order valence-electron chi connectivity index (χ4n) is 3.71. The molecule has 0 aromatic heterocycles. The van der Waals surface area contributed by atoms with Gasteiger partial charge in [-0.1, -0.05) is 51.9 Å². The van der Waals surface area contributed by atoms with Crippen LogP contribution in [0.5, 0.6) is 0 Å². The lowest BCUT2D eigenvalue weighted by atomic mass is 9.98. The molecule has 0 spiro atoms. The van der Waals surface area contributed by atoms with Crippen LogP contribution in [0.15, 0.2) is 0 Å². The minimum absolute atomic E-state index is 0.254. The Morgan fingerprint density at radius 2 is 1.14 bits per heavy atom. The maximum atomic E-state index is 10.5. The van der Waals surface area contributed by atoms with Crippen LogP contribution in [0.25, 0.3) is 0 Å². The van der Waals surface area contributed by atoms with Gasteiger partial charge in [0.15, 0.2) is 0 Å². The lowest BCUT2D eigenvalue weighted by Crippen LogP contribution is -2.22. The summed E-state index contributed by atoms with van der Waals surface area (Å²) in [5.41, 5.74) is 0. The Morgan fingerprint density at radius 1 is 0.679 bits per heavy atom. The maximum Gasteiger partial charge on any atom is 0.303 e. The molecule has 5 nitrogen and oxygen atoms in total. The predicted molar refractivity (Wildman–Crippen MR) is 115 cm³/mol. The van der Waals surface area contributed by atoms with Gasteiger partial charge >= 0.3 is 5.97 Å². The van der Waals surface area contributed by atoms with Gasteiger partial charge in [0.1, 0.15) is 0 Å². The third kappa shape index (κ3) is 16.3. The monoisotopic (exact) mass is 402 g/mol. The average molecular weight is 403 g/mol. The molecule has 0 aromatic carbocycles. The Kier molecular flexibility index (Phi) is 19.2. The van der Waals surface area contributed by atoms with E-state index < -0.39 is 5.97 Å². The van der Waals surface area contributed by atoms with E-state index in [1.807, 2.05) is 7.11 Å². The molecule has 28 heavy (non-hydrogen) atoms. The lowest BCUT2D eigenvalue weighted by molar-refractivity contribution is -0.137. The first-order chi connectivity index (χ1) is 13.6. The Labute approximate surface area is 173 Å². The van der Waals surface area contributed by atoms with Crippen molar-refractivity contribution >= 4 is 5.97 Å². The molecule has 0 bridgehead atoms. The highest BCUT2D eigenvalue weighted by Crippen LogP contribution is 2.20. The summed E-state index contributed by atoms with van der Waals surface area (Å²) in [6.45, 7) is 2.24. The second-order valence-electron chi connectivity index (χ2n) is 7.94. The number of hydrogen-bond acceptors (Lipinski definition) is 4. The molecule has 0 aliphatic rings. The van der Waals surface area contributed by atoms with Crippen molar-refractivity contribution < 1.29 is 24.1 Å². The van der Waals surface area contributed by atoms with Crippen molar-refractivity contribution in [2.45, 2.75) is 122 Å². The second-order valence-corrected chi connectivity index (χ2v) is 7.94. The molecule has 0 rings (SSSR count). The average Bonchev–Trinajstić information content (AvgIpc) is 2.69. The molecule has 0 aliphatic carbocycles. The van der Waals surface area contributed by atoms with E-state index in [2.05, 4.69) is 6.92 Å². The molecule has 0 aliphatic heterocycles. The van der Waals surface area contributed by atoms with Crippen molar-refractivity contribution in [1.82, 2.24) is 0 Å². The SMILES string of the molecule is CCCCCCC(CC(CCCC(CCCCCCC(=O)O)OC)OC)OC. The molecule has 0 heterocycles. The number of aliphatic carboxylic acids is 1. The highest BCUT2D eigenvalue weighted by Gasteiger charge is 2.16. The van der Waals surface area contributed by atoms with Crippen LogP contribution < -0.4 is 0 Å². The fraction of sp³-hybridized carbons (Fsp3) is 0.957. The van der Waals surface area contributed by atoms with E-state index in [1.54, 1.807) is 14.2 Å². The summed E-state index contributed by atoms with van der Waals surface area (Å²) in [5.74, 6) is -0.695. The van der Waals surface area contributed by atoms with Gasteiger partial charge in [0.05, 0.1) is 18.3 Å². The van der Waals surface area contributed by atoms with E-state index >= 15 is 0 Å². The predicted octanol–water partition coefficient (Wildman–Crippen LogP) is 5.99. The van der Waals surface area contributed by atoms with Crippen molar-refractivity contribution in [3.8, 4) is 0 Å². The minimum atomic E-state index is -0.695. The molecular weight excluding hydrogens is 356 g/mol. The van der Waals surface area contributed by atoms with Crippen molar-refractivity contribution in [1.29, 1.82) is 0 Å². The van der Waals surface area contributed by atoms with Crippen LogP contribution in [0.4, 0.5) is 0 Å². The van der Waals surface area contributed by atoms with Gasteiger partial charge in [-0.2, -0.15) is 0 Å². The van der Waals surface area contributed by atoms with Gasteiger partial charge in [0.25, 0.3) is 0 Å². The van der Waals surface area contributed by atoms with Crippen LogP contribution in [0.2, 0.25) is 0 Å². The number of rotatable bonds is 21. The van der Waals surface area contributed by atoms with Crippen LogP contribution in [-0.2, 0) is 19.0 Å². The van der Waals surface area contributed by atoms with Gasteiger partial charge < -0.3 is 19.3 Å². The molecule has 5 heteroatoms. The molecular formula is C23H46O5. The zero-order valence-electron chi connectivity index (χ0n) is 18.9. The van der Waals surface area contributed by atoms with E-state index in [0.29, 0.717) is 12.2 Å². The lowest BCUT2D eigenvalue weighted by Gasteiger charge is -2.23. The molecule has 0 fully saturated rings. The molecule has 0 saturated carbocycles. The smallest absolute Gasteiger partial charge is 0.303 e. The molecule has 168 valence electrons. The van der Waals surface area contributed by atoms with Gasteiger partial charge in [-0.25, -0.2) is 0 Å². The highest BCUT2D eigenvalue weighted by molar-refractivity contribution is 5.66. The second kappa shape index (κ2) is 19.7. The first-order valence-electron chi connectivity index (χ1n) is 11.4. The van der Waals surface area contributed by atoms with Crippen LogP contribution in [0, 0.1) is 0 Å². The third-order valence-corrected chi connectivity index (χ3v) is 5.62. The normalized spacial score (nSPS) is 14.7. The Hall–Kier alpha value is -0.650. The van der Waals surface area contributed by atoms with E-state index in [1.165, 1.54) is 25.7 Å². The zero-order chi connectivity index (χ0) is 21.0. The summed E-state index contributed by atoms with van der Waals surface area (Å²) in [6.07, 6.45) is 16.5. The van der Waals surface area contributed by atoms with Crippen LogP contribution in [-0.4, -0.2) is 50.7 Å². The Morgan fingerprint density at radius 3 is 1.68 bits per heavy atom. The van der Waals surface area contributed by atoms with Gasteiger partial charge in [0, 0.05) is 27.8 Å². The summed E-state index contributed by atoms with van der Waals surface area (Å²) in [5, 5.41) is 8.66. The number of carboxylic acid groups (broad SMARTS) is 1. The van der Waals surface area contributed by atoms with Crippen molar-refractivity contribution in [2.24, 2.45) is 0 Å². The molecule has 3 atom stereocenters. The molecule has 1 N–H and O–H groups in total. The van der Waals surface area contributed by atoms with Crippen molar-refractivity contribution in [3.63, 3.8) is 0 Å². The molecule has 0 radical (unpaired) electrons. The number of hydrogen-bond donors (Lipinski definition) is 1.